The number of anilines is 1. The molecule has 0 aliphatic carbocycles. The van der Waals surface area contributed by atoms with E-state index >= 15 is 0 Å². The van der Waals surface area contributed by atoms with Crippen LogP contribution in [0.1, 0.15) is 5.82 Å². The average molecular weight is 129 g/mol. The van der Waals surface area contributed by atoms with Crippen LogP contribution in [0.3, 0.4) is 0 Å². The van der Waals surface area contributed by atoms with Gasteiger partial charge in [-0.05, 0) is 6.92 Å². The molecule has 0 aliphatic heterocycles. The fraction of sp³-hybridized carbons (Fsp3) is 0.400. The third-order valence-electron chi connectivity index (χ3n) is 1.32. The molecule has 3 nitrogen and oxygen atoms in total. The lowest BCUT2D eigenvalue weighted by atomic mass is 10.7. The highest BCUT2D eigenvalue weighted by Gasteiger charge is 2.05. The lowest BCUT2D eigenvalue weighted by Gasteiger charge is -1.93. The molecular weight excluding hydrogens is 121 g/mol. The van der Waals surface area contributed by atoms with Gasteiger partial charge in [-0.1, -0.05) is 0 Å². The highest BCUT2D eigenvalue weighted by molar-refractivity contribution is 5.28. The molecule has 0 amide bonds. The third-order valence-corrected chi connectivity index (χ3v) is 1.32. The maximum Gasteiger partial charge on any atom is 0.255 e. The first-order valence-electron chi connectivity index (χ1n) is 2.57. The number of hydrogen-bond acceptors (Lipinski definition) is 2. The summed E-state index contributed by atoms with van der Waals surface area (Å²) >= 11 is 0. The van der Waals surface area contributed by atoms with Gasteiger partial charge in [0.2, 0.25) is 0 Å². The van der Waals surface area contributed by atoms with E-state index < -0.39 is 5.95 Å². The van der Waals surface area contributed by atoms with Gasteiger partial charge >= 0.3 is 0 Å². The third kappa shape index (κ3) is 0.759. The van der Waals surface area contributed by atoms with Crippen molar-refractivity contribution in [3.05, 3.63) is 11.8 Å². The van der Waals surface area contributed by atoms with Crippen molar-refractivity contribution in [1.82, 2.24) is 9.55 Å². The van der Waals surface area contributed by atoms with Crippen molar-refractivity contribution in [2.75, 3.05) is 5.73 Å². The molecular formula is C5H8FN3. The Morgan fingerprint density at radius 3 is 2.33 bits per heavy atom. The van der Waals surface area contributed by atoms with Crippen LogP contribution in [0.15, 0.2) is 0 Å². The molecule has 0 radical (unpaired) electrons. The van der Waals surface area contributed by atoms with E-state index in [9.17, 15) is 4.39 Å². The molecule has 0 saturated heterocycles. The number of halogens is 1. The summed E-state index contributed by atoms with van der Waals surface area (Å²) in [4.78, 5) is 3.48. The number of imidazole rings is 1. The first kappa shape index (κ1) is 6.07. The van der Waals surface area contributed by atoms with Gasteiger partial charge in [-0.15, -0.1) is 0 Å². The van der Waals surface area contributed by atoms with Crippen LogP contribution < -0.4 is 5.73 Å². The summed E-state index contributed by atoms with van der Waals surface area (Å²) in [5.41, 5.74) is 5.23. The number of hydrogen-bond donors (Lipinski definition) is 1. The van der Waals surface area contributed by atoms with Crippen LogP contribution in [0.5, 0.6) is 0 Å². The second kappa shape index (κ2) is 1.72. The van der Waals surface area contributed by atoms with E-state index in [-0.39, 0.29) is 5.82 Å². The van der Waals surface area contributed by atoms with Gasteiger partial charge in [-0.3, -0.25) is 0 Å². The molecule has 4 heteroatoms. The zero-order valence-electron chi connectivity index (χ0n) is 5.35. The number of aryl methyl sites for hydroxylation is 1. The summed E-state index contributed by atoms with van der Waals surface area (Å²) in [7, 11) is 1.67. The lowest BCUT2D eigenvalue weighted by molar-refractivity contribution is 0.593. The van der Waals surface area contributed by atoms with E-state index in [2.05, 4.69) is 4.98 Å². The molecule has 1 aromatic heterocycles. The number of rotatable bonds is 0. The van der Waals surface area contributed by atoms with Crippen molar-refractivity contribution in [2.45, 2.75) is 6.92 Å². The fourth-order valence-electron chi connectivity index (χ4n) is 0.587. The minimum absolute atomic E-state index is 0.0903. The molecule has 1 aromatic rings. The smallest absolute Gasteiger partial charge is 0.255 e. The van der Waals surface area contributed by atoms with E-state index in [0.717, 1.165) is 0 Å². The minimum Gasteiger partial charge on any atom is -0.381 e. The highest BCUT2D eigenvalue weighted by Crippen LogP contribution is 2.08. The molecule has 9 heavy (non-hydrogen) atoms. The predicted molar refractivity (Wildman–Crippen MR) is 32.3 cm³/mol. The number of nitrogen functional groups attached to an aromatic ring is 1. The lowest BCUT2D eigenvalue weighted by Crippen LogP contribution is -1.98. The SMILES string of the molecule is Cc1nc(F)c(N)n1C. The van der Waals surface area contributed by atoms with Crippen molar-refractivity contribution in [3.8, 4) is 0 Å². The quantitative estimate of drug-likeness (QED) is 0.552. The van der Waals surface area contributed by atoms with Crippen LogP contribution in [0.2, 0.25) is 0 Å². The Hall–Kier alpha value is -1.06. The van der Waals surface area contributed by atoms with Crippen LogP contribution in [0.25, 0.3) is 0 Å². The van der Waals surface area contributed by atoms with Crippen LogP contribution in [0.4, 0.5) is 10.2 Å². The molecule has 0 atom stereocenters. The summed E-state index contributed by atoms with van der Waals surface area (Å²) in [5.74, 6) is 0.0903. The second-order valence-electron chi connectivity index (χ2n) is 1.89. The monoisotopic (exact) mass is 129 g/mol. The van der Waals surface area contributed by atoms with Crippen LogP contribution >= 0.6 is 0 Å². The normalized spacial score (nSPS) is 10.1. The van der Waals surface area contributed by atoms with Gasteiger partial charge in [-0.25, -0.2) is 4.98 Å². The van der Waals surface area contributed by atoms with Gasteiger partial charge in [0.15, 0.2) is 5.82 Å². The van der Waals surface area contributed by atoms with Crippen LogP contribution in [0, 0.1) is 12.9 Å². The average Bonchev–Trinajstić information content (AvgIpc) is 1.98. The zero-order chi connectivity index (χ0) is 7.02. The first-order chi connectivity index (χ1) is 4.13. The minimum atomic E-state index is -0.588. The molecule has 0 aromatic carbocycles. The van der Waals surface area contributed by atoms with E-state index in [4.69, 9.17) is 5.73 Å². The Balaban J connectivity index is 3.29. The molecule has 0 fully saturated rings. The van der Waals surface area contributed by atoms with Crippen molar-refractivity contribution in [2.24, 2.45) is 7.05 Å². The first-order valence-corrected chi connectivity index (χ1v) is 2.57. The number of aromatic nitrogens is 2. The number of nitrogens with two attached hydrogens (primary N) is 1. The van der Waals surface area contributed by atoms with Gasteiger partial charge < -0.3 is 10.3 Å². The summed E-state index contributed by atoms with van der Waals surface area (Å²) in [6.07, 6.45) is 0. The van der Waals surface area contributed by atoms with Crippen LogP contribution in [-0.2, 0) is 7.05 Å². The van der Waals surface area contributed by atoms with Gasteiger partial charge in [0.1, 0.15) is 5.82 Å². The summed E-state index contributed by atoms with van der Waals surface area (Å²) in [5, 5.41) is 0. The van der Waals surface area contributed by atoms with E-state index in [1.54, 1.807) is 14.0 Å². The molecule has 0 unspecified atom stereocenters. The molecule has 0 saturated carbocycles. The van der Waals surface area contributed by atoms with Gasteiger partial charge in [0, 0.05) is 7.05 Å². The van der Waals surface area contributed by atoms with Gasteiger partial charge in [-0.2, -0.15) is 4.39 Å². The van der Waals surface area contributed by atoms with E-state index in [1.165, 1.54) is 4.57 Å². The Bertz CT molecular complexity index is 206. The van der Waals surface area contributed by atoms with Crippen molar-refractivity contribution < 1.29 is 4.39 Å². The fourth-order valence-corrected chi connectivity index (χ4v) is 0.587. The molecule has 0 aliphatic rings. The maximum absolute atomic E-state index is 12.3. The largest absolute Gasteiger partial charge is 0.381 e. The van der Waals surface area contributed by atoms with Crippen molar-refractivity contribution >= 4 is 5.82 Å². The topological polar surface area (TPSA) is 43.8 Å². The molecule has 50 valence electrons. The molecule has 1 rings (SSSR count). The Morgan fingerprint density at radius 1 is 1.67 bits per heavy atom. The van der Waals surface area contributed by atoms with E-state index in [0.29, 0.717) is 5.82 Å². The second-order valence-corrected chi connectivity index (χ2v) is 1.89. The summed E-state index contributed by atoms with van der Waals surface area (Å²) in [6, 6.07) is 0. The summed E-state index contributed by atoms with van der Waals surface area (Å²) < 4.78 is 13.8. The molecule has 0 spiro atoms. The maximum atomic E-state index is 12.3. The van der Waals surface area contributed by atoms with Gasteiger partial charge in [0.05, 0.1) is 0 Å². The van der Waals surface area contributed by atoms with Crippen LogP contribution in [-0.4, -0.2) is 9.55 Å². The van der Waals surface area contributed by atoms with Crippen molar-refractivity contribution in [3.63, 3.8) is 0 Å². The standard InChI is InChI=1S/C5H8FN3/c1-3-8-4(6)5(7)9(3)2/h7H2,1-2H3. The molecule has 2 N–H and O–H groups in total. The number of nitrogens with zero attached hydrogens (tertiary/aromatic N) is 2. The van der Waals surface area contributed by atoms with Crippen molar-refractivity contribution in [1.29, 1.82) is 0 Å². The Kier molecular flexibility index (Phi) is 1.16. The summed E-state index contributed by atoms with van der Waals surface area (Å²) in [6.45, 7) is 1.69. The molecule has 0 bridgehead atoms. The van der Waals surface area contributed by atoms with Gasteiger partial charge in [0.25, 0.3) is 5.95 Å². The molecule has 1 heterocycles. The Labute approximate surface area is 52.3 Å². The Morgan fingerprint density at radius 2 is 2.22 bits per heavy atom. The highest BCUT2D eigenvalue weighted by atomic mass is 19.1. The zero-order valence-corrected chi connectivity index (χ0v) is 5.35. The van der Waals surface area contributed by atoms with E-state index in [1.807, 2.05) is 0 Å². The predicted octanol–water partition coefficient (Wildman–Crippen LogP) is 0.450.